The predicted molar refractivity (Wildman–Crippen MR) is 104 cm³/mol. The van der Waals surface area contributed by atoms with Gasteiger partial charge >= 0.3 is 0 Å². The van der Waals surface area contributed by atoms with Crippen molar-refractivity contribution in [3.05, 3.63) is 108 Å². The van der Waals surface area contributed by atoms with Gasteiger partial charge in [-0.3, -0.25) is 4.90 Å². The van der Waals surface area contributed by atoms with Crippen molar-refractivity contribution in [3.8, 4) is 0 Å². The summed E-state index contributed by atoms with van der Waals surface area (Å²) in [4.78, 5) is 2.69. The Labute approximate surface area is 150 Å². The molecule has 126 valence electrons. The van der Waals surface area contributed by atoms with Crippen molar-refractivity contribution in [1.82, 2.24) is 4.90 Å². The normalized spacial score (nSPS) is 24.8. The lowest BCUT2D eigenvalue weighted by Crippen LogP contribution is -2.20. The highest BCUT2D eigenvalue weighted by atomic mass is 15.4. The maximum absolute atomic E-state index is 2.69. The summed E-state index contributed by atoms with van der Waals surface area (Å²) < 4.78 is 0. The third kappa shape index (κ3) is 2.89. The molecule has 3 aromatic carbocycles. The maximum Gasteiger partial charge on any atom is 0.0706 e. The van der Waals surface area contributed by atoms with E-state index >= 15 is 0 Å². The fourth-order valence-corrected chi connectivity index (χ4v) is 4.31. The van der Waals surface area contributed by atoms with Gasteiger partial charge in [-0.25, -0.2) is 0 Å². The molecule has 0 N–H and O–H groups in total. The van der Waals surface area contributed by atoms with Crippen molar-refractivity contribution in [2.75, 3.05) is 6.54 Å². The van der Waals surface area contributed by atoms with Gasteiger partial charge in [0.1, 0.15) is 0 Å². The lowest BCUT2D eigenvalue weighted by Gasteiger charge is -2.19. The Balaban J connectivity index is 1.79. The first kappa shape index (κ1) is 16.1. The fraction of sp³-hybridized carbons (Fsp3) is 0.250. The molecule has 0 spiro atoms. The van der Waals surface area contributed by atoms with Gasteiger partial charge in [0, 0.05) is 0 Å². The molecular weight excluding hydrogens is 302 g/mol. The van der Waals surface area contributed by atoms with Crippen molar-refractivity contribution in [2.24, 2.45) is 0 Å². The van der Waals surface area contributed by atoms with Crippen LogP contribution in [-0.4, -0.2) is 11.4 Å². The Bertz CT molecular complexity index is 797. The van der Waals surface area contributed by atoms with Crippen LogP contribution in [0.1, 0.15) is 36.1 Å². The van der Waals surface area contributed by atoms with Gasteiger partial charge in [0.15, 0.2) is 0 Å². The maximum atomic E-state index is 2.69. The zero-order chi connectivity index (χ0) is 17.1. The first-order chi connectivity index (χ1) is 12.4. The second kappa shape index (κ2) is 6.85. The van der Waals surface area contributed by atoms with Gasteiger partial charge in [-0.15, -0.1) is 0 Å². The summed E-state index contributed by atoms with van der Waals surface area (Å²) in [5.74, 6) is 0. The molecule has 0 radical (unpaired) electrons. The van der Waals surface area contributed by atoms with Gasteiger partial charge in [-0.05, 0) is 36.1 Å². The Hall–Kier alpha value is -2.38. The van der Waals surface area contributed by atoms with E-state index in [2.05, 4.69) is 103 Å². The van der Waals surface area contributed by atoms with E-state index in [9.17, 15) is 0 Å². The van der Waals surface area contributed by atoms with Gasteiger partial charge in [-0.2, -0.15) is 0 Å². The van der Waals surface area contributed by atoms with Crippen molar-refractivity contribution in [3.63, 3.8) is 0 Å². The standard InChI is InChI=1S/C24H25N/c1-2-18-25-23(21-14-8-4-9-15-21)24(25,22-16-10-5-11-17-22)19-20-12-6-3-7-13-20/h3-17,23H,2,18-19H2,1H3/t23-,24+,25?/m0/s1. The van der Waals surface area contributed by atoms with Gasteiger partial charge in [-0.1, -0.05) is 97.9 Å². The Morgan fingerprint density at radius 2 is 1.32 bits per heavy atom. The summed E-state index contributed by atoms with van der Waals surface area (Å²) >= 11 is 0. The van der Waals surface area contributed by atoms with E-state index in [0.717, 1.165) is 13.0 Å². The third-order valence-corrected chi connectivity index (χ3v) is 5.38. The van der Waals surface area contributed by atoms with Crippen LogP contribution in [0, 0.1) is 0 Å². The van der Waals surface area contributed by atoms with E-state index in [4.69, 9.17) is 0 Å². The van der Waals surface area contributed by atoms with Crippen LogP contribution < -0.4 is 0 Å². The minimum atomic E-state index is 0.0694. The molecule has 1 aliphatic heterocycles. The molecular formula is C24H25N. The van der Waals surface area contributed by atoms with Crippen LogP contribution in [-0.2, 0) is 12.0 Å². The van der Waals surface area contributed by atoms with Crippen LogP contribution >= 0.6 is 0 Å². The average Bonchev–Trinajstić information content (AvgIpc) is 3.32. The molecule has 4 rings (SSSR count). The van der Waals surface area contributed by atoms with Crippen LogP contribution in [0.4, 0.5) is 0 Å². The number of benzene rings is 3. The molecule has 1 heteroatoms. The number of hydrogen-bond donors (Lipinski definition) is 0. The van der Waals surface area contributed by atoms with Gasteiger partial charge in [0.2, 0.25) is 0 Å². The van der Waals surface area contributed by atoms with Gasteiger partial charge in [0.05, 0.1) is 11.6 Å². The molecule has 0 aromatic heterocycles. The predicted octanol–water partition coefficient (Wildman–Crippen LogP) is 5.59. The van der Waals surface area contributed by atoms with Crippen LogP contribution in [0.15, 0.2) is 91.0 Å². The zero-order valence-electron chi connectivity index (χ0n) is 14.8. The van der Waals surface area contributed by atoms with E-state index < -0.39 is 0 Å². The largest absolute Gasteiger partial charge is 0.282 e. The van der Waals surface area contributed by atoms with E-state index in [1.165, 1.54) is 23.1 Å². The zero-order valence-corrected chi connectivity index (χ0v) is 14.8. The summed E-state index contributed by atoms with van der Waals surface area (Å²) in [6.07, 6.45) is 2.23. The second-order valence-electron chi connectivity index (χ2n) is 6.96. The second-order valence-corrected chi connectivity index (χ2v) is 6.96. The summed E-state index contributed by atoms with van der Waals surface area (Å²) in [5, 5.41) is 0. The monoisotopic (exact) mass is 327 g/mol. The topological polar surface area (TPSA) is 3.01 Å². The minimum absolute atomic E-state index is 0.0694. The molecule has 0 bridgehead atoms. The lowest BCUT2D eigenvalue weighted by molar-refractivity contribution is 0.403. The Morgan fingerprint density at radius 1 is 0.760 bits per heavy atom. The van der Waals surface area contributed by atoms with Crippen molar-refractivity contribution in [1.29, 1.82) is 0 Å². The van der Waals surface area contributed by atoms with E-state index in [0.29, 0.717) is 6.04 Å². The molecule has 0 saturated carbocycles. The SMILES string of the molecule is CCCN1[C@@H](c2ccccc2)[C@@]1(Cc1ccccc1)c1ccccc1. The van der Waals surface area contributed by atoms with E-state index in [1.54, 1.807) is 0 Å². The molecule has 1 heterocycles. The fourth-order valence-electron chi connectivity index (χ4n) is 4.31. The molecule has 1 fully saturated rings. The third-order valence-electron chi connectivity index (χ3n) is 5.38. The highest BCUT2D eigenvalue weighted by Gasteiger charge is 2.62. The molecule has 0 aliphatic carbocycles. The molecule has 3 aromatic rings. The summed E-state index contributed by atoms with van der Waals surface area (Å²) in [6.45, 7) is 3.40. The Kier molecular flexibility index (Phi) is 4.42. The highest BCUT2D eigenvalue weighted by Crippen LogP contribution is 2.61. The molecule has 1 saturated heterocycles. The molecule has 1 aliphatic rings. The van der Waals surface area contributed by atoms with Gasteiger partial charge in [0.25, 0.3) is 0 Å². The van der Waals surface area contributed by atoms with Crippen LogP contribution in [0.3, 0.4) is 0 Å². The van der Waals surface area contributed by atoms with Crippen LogP contribution in [0.5, 0.6) is 0 Å². The molecule has 25 heavy (non-hydrogen) atoms. The first-order valence-corrected chi connectivity index (χ1v) is 9.27. The van der Waals surface area contributed by atoms with E-state index in [-0.39, 0.29) is 5.54 Å². The number of nitrogens with zero attached hydrogens (tertiary/aromatic N) is 1. The Morgan fingerprint density at radius 3 is 1.92 bits per heavy atom. The van der Waals surface area contributed by atoms with Gasteiger partial charge < -0.3 is 0 Å². The molecule has 0 amide bonds. The van der Waals surface area contributed by atoms with Crippen molar-refractivity contribution < 1.29 is 0 Å². The molecule has 3 atom stereocenters. The smallest absolute Gasteiger partial charge is 0.0706 e. The number of hydrogen-bond acceptors (Lipinski definition) is 1. The van der Waals surface area contributed by atoms with Crippen molar-refractivity contribution in [2.45, 2.75) is 31.3 Å². The highest BCUT2D eigenvalue weighted by molar-refractivity contribution is 5.43. The van der Waals surface area contributed by atoms with E-state index in [1.807, 2.05) is 0 Å². The summed E-state index contributed by atoms with van der Waals surface area (Å²) in [5.41, 5.74) is 4.34. The average molecular weight is 327 g/mol. The summed E-state index contributed by atoms with van der Waals surface area (Å²) in [7, 11) is 0. The summed E-state index contributed by atoms with van der Waals surface area (Å²) in [6, 6.07) is 33.4. The van der Waals surface area contributed by atoms with Crippen LogP contribution in [0.25, 0.3) is 0 Å². The quantitative estimate of drug-likeness (QED) is 0.533. The van der Waals surface area contributed by atoms with Crippen molar-refractivity contribution >= 4 is 0 Å². The first-order valence-electron chi connectivity index (χ1n) is 9.27. The molecule has 1 unspecified atom stereocenters. The number of rotatable bonds is 6. The molecule has 1 nitrogen and oxygen atoms in total. The lowest BCUT2D eigenvalue weighted by atomic mass is 9.86. The van der Waals surface area contributed by atoms with Crippen LogP contribution in [0.2, 0.25) is 0 Å². The minimum Gasteiger partial charge on any atom is -0.282 e.